The van der Waals surface area contributed by atoms with E-state index in [0.29, 0.717) is 41.6 Å². The maximum Gasteiger partial charge on any atom is 0.508 e. The van der Waals surface area contributed by atoms with E-state index < -0.39 is 12.1 Å². The molecule has 44 heavy (non-hydrogen) atoms. The summed E-state index contributed by atoms with van der Waals surface area (Å²) < 4.78 is 26.3. The second kappa shape index (κ2) is 19.5. The zero-order chi connectivity index (χ0) is 31.6. The van der Waals surface area contributed by atoms with Crippen LogP contribution in [-0.2, 0) is 19.0 Å². The lowest BCUT2D eigenvalue weighted by Crippen LogP contribution is -2.13. The van der Waals surface area contributed by atoms with Gasteiger partial charge >= 0.3 is 18.1 Å². The summed E-state index contributed by atoms with van der Waals surface area (Å²) in [7, 11) is 0. The minimum Gasteiger partial charge on any atom is -0.494 e. The summed E-state index contributed by atoms with van der Waals surface area (Å²) in [5, 5.41) is 0. The van der Waals surface area contributed by atoms with Crippen LogP contribution in [0.5, 0.6) is 11.5 Å². The molecule has 0 N–H and O–H groups in total. The third-order valence-electron chi connectivity index (χ3n) is 7.81. The van der Waals surface area contributed by atoms with E-state index in [1.165, 1.54) is 44.1 Å². The third kappa shape index (κ3) is 12.8. The summed E-state index contributed by atoms with van der Waals surface area (Å²) >= 11 is 0. The normalized spacial score (nSPS) is 16.0. The van der Waals surface area contributed by atoms with E-state index in [9.17, 15) is 14.4 Å². The van der Waals surface area contributed by atoms with Gasteiger partial charge < -0.3 is 23.7 Å². The van der Waals surface area contributed by atoms with Crippen LogP contribution in [0.25, 0.3) is 0 Å². The van der Waals surface area contributed by atoms with Crippen LogP contribution in [0.3, 0.4) is 0 Å². The highest BCUT2D eigenvalue weighted by Crippen LogP contribution is 2.37. The van der Waals surface area contributed by atoms with E-state index in [4.69, 9.17) is 23.7 Å². The van der Waals surface area contributed by atoms with Gasteiger partial charge in [-0.25, -0.2) is 14.4 Å². The van der Waals surface area contributed by atoms with E-state index in [0.717, 1.165) is 31.6 Å². The smallest absolute Gasteiger partial charge is 0.494 e. The summed E-state index contributed by atoms with van der Waals surface area (Å²) in [5.41, 5.74) is 2.14. The van der Waals surface area contributed by atoms with E-state index in [1.54, 1.807) is 31.2 Å². The first-order chi connectivity index (χ1) is 21.4. The van der Waals surface area contributed by atoms with Crippen molar-refractivity contribution in [1.29, 1.82) is 0 Å². The standard InChI is InChI=1S/C36H48O8/c1-4-10-28-11-13-29(14-12-28)30-15-21-33(22-16-30)44-35(38)31-17-19-32(20-18-31)40-23-7-5-6-8-24-42-36(39)43-26-9-25-41-34(37)27(2)3/h15-22,28-29H,2,4-14,23-26H2,1,3H3. The topological polar surface area (TPSA) is 97.4 Å². The summed E-state index contributed by atoms with van der Waals surface area (Å²) in [6, 6.07) is 15.0. The number of unbranched alkanes of at least 4 members (excludes halogenated alkanes) is 3. The Hall–Kier alpha value is -3.81. The molecule has 0 heterocycles. The van der Waals surface area contributed by atoms with Gasteiger partial charge in [-0.1, -0.05) is 38.5 Å². The van der Waals surface area contributed by atoms with Crippen LogP contribution in [0.15, 0.2) is 60.7 Å². The molecule has 0 spiro atoms. The van der Waals surface area contributed by atoms with Crippen LogP contribution >= 0.6 is 0 Å². The maximum atomic E-state index is 12.6. The Labute approximate surface area is 262 Å². The Balaban J connectivity index is 1.22. The van der Waals surface area contributed by atoms with Crippen molar-refractivity contribution in [2.75, 3.05) is 26.4 Å². The molecule has 0 aliphatic heterocycles. The number of ether oxygens (including phenoxy) is 5. The van der Waals surface area contributed by atoms with E-state index in [2.05, 4.69) is 25.6 Å². The lowest BCUT2D eigenvalue weighted by Gasteiger charge is -2.28. The minimum absolute atomic E-state index is 0.121. The Bertz CT molecular complexity index is 1160. The van der Waals surface area contributed by atoms with Crippen LogP contribution in [0.2, 0.25) is 0 Å². The number of hydrogen-bond acceptors (Lipinski definition) is 8. The molecule has 1 saturated carbocycles. The van der Waals surface area contributed by atoms with Crippen LogP contribution in [0.4, 0.5) is 4.79 Å². The van der Waals surface area contributed by atoms with Gasteiger partial charge in [0.1, 0.15) is 11.5 Å². The van der Waals surface area contributed by atoms with Crippen LogP contribution in [-0.4, -0.2) is 44.5 Å². The highest BCUT2D eigenvalue weighted by molar-refractivity contribution is 5.91. The maximum absolute atomic E-state index is 12.6. The van der Waals surface area contributed by atoms with Crippen LogP contribution in [0, 0.1) is 5.92 Å². The van der Waals surface area contributed by atoms with Gasteiger partial charge in [0.25, 0.3) is 0 Å². The summed E-state index contributed by atoms with van der Waals surface area (Å²) in [5.74, 6) is 1.89. The van der Waals surface area contributed by atoms with Gasteiger partial charge in [0, 0.05) is 12.0 Å². The Kier molecular flexibility index (Phi) is 15.3. The first kappa shape index (κ1) is 34.7. The van der Waals surface area contributed by atoms with Gasteiger partial charge in [-0.15, -0.1) is 0 Å². The van der Waals surface area contributed by atoms with Crippen molar-refractivity contribution in [1.82, 2.24) is 0 Å². The SMILES string of the molecule is C=C(C)C(=O)OCCCOC(=O)OCCCCCCOc1ccc(C(=O)Oc2ccc(C3CCC(CCC)CC3)cc2)cc1. The summed E-state index contributed by atoms with van der Waals surface area (Å²) in [6.45, 7) is 8.45. The highest BCUT2D eigenvalue weighted by atomic mass is 16.7. The largest absolute Gasteiger partial charge is 0.508 e. The molecule has 0 atom stereocenters. The van der Waals surface area contributed by atoms with Crippen molar-refractivity contribution in [3.05, 3.63) is 71.8 Å². The van der Waals surface area contributed by atoms with E-state index in [1.807, 2.05) is 12.1 Å². The number of benzene rings is 2. The first-order valence-corrected chi connectivity index (χ1v) is 16.0. The van der Waals surface area contributed by atoms with E-state index >= 15 is 0 Å². The predicted molar refractivity (Wildman–Crippen MR) is 169 cm³/mol. The number of hydrogen-bond donors (Lipinski definition) is 0. The number of carbonyl (C=O) groups is 3. The van der Waals surface area contributed by atoms with Crippen molar-refractivity contribution in [3.8, 4) is 11.5 Å². The zero-order valence-electron chi connectivity index (χ0n) is 26.4. The number of esters is 2. The van der Waals surface area contributed by atoms with Crippen molar-refractivity contribution in [2.45, 2.75) is 90.4 Å². The van der Waals surface area contributed by atoms with Gasteiger partial charge in [-0.05, 0) is 112 Å². The molecule has 240 valence electrons. The number of rotatable bonds is 18. The summed E-state index contributed by atoms with van der Waals surface area (Å²) in [4.78, 5) is 35.5. The molecule has 0 unspecified atom stereocenters. The third-order valence-corrected chi connectivity index (χ3v) is 7.81. The van der Waals surface area contributed by atoms with Crippen molar-refractivity contribution >= 4 is 18.1 Å². The molecule has 2 aromatic rings. The molecule has 0 radical (unpaired) electrons. The fourth-order valence-corrected chi connectivity index (χ4v) is 5.30. The first-order valence-electron chi connectivity index (χ1n) is 16.0. The van der Waals surface area contributed by atoms with Gasteiger partial charge in [-0.3, -0.25) is 0 Å². The van der Waals surface area contributed by atoms with E-state index in [-0.39, 0.29) is 25.8 Å². The van der Waals surface area contributed by atoms with Crippen molar-refractivity contribution in [3.63, 3.8) is 0 Å². The lowest BCUT2D eigenvalue weighted by molar-refractivity contribution is -0.139. The average Bonchev–Trinajstić information content (AvgIpc) is 3.03. The average molecular weight is 609 g/mol. The molecule has 3 rings (SSSR count). The van der Waals surface area contributed by atoms with Gasteiger partial charge in [0.2, 0.25) is 0 Å². The lowest BCUT2D eigenvalue weighted by atomic mass is 9.77. The fraction of sp³-hybridized carbons (Fsp3) is 0.528. The Morgan fingerprint density at radius 1 is 0.727 bits per heavy atom. The number of carbonyl (C=O) groups excluding carboxylic acids is 3. The monoisotopic (exact) mass is 608 g/mol. The fourth-order valence-electron chi connectivity index (χ4n) is 5.30. The van der Waals surface area contributed by atoms with Gasteiger partial charge in [0.15, 0.2) is 0 Å². The molecule has 0 saturated heterocycles. The molecule has 8 nitrogen and oxygen atoms in total. The van der Waals surface area contributed by atoms with Crippen molar-refractivity contribution in [2.24, 2.45) is 5.92 Å². The molecule has 0 amide bonds. The molecular formula is C36H48O8. The molecule has 1 fully saturated rings. The van der Waals surface area contributed by atoms with Gasteiger partial charge in [-0.2, -0.15) is 0 Å². The van der Waals surface area contributed by atoms with Gasteiger partial charge in [0.05, 0.1) is 32.0 Å². The summed E-state index contributed by atoms with van der Waals surface area (Å²) in [6.07, 6.45) is 10.8. The molecule has 0 aromatic heterocycles. The zero-order valence-corrected chi connectivity index (χ0v) is 26.4. The quantitative estimate of drug-likeness (QED) is 0.0718. The Morgan fingerprint density at radius 3 is 1.95 bits per heavy atom. The molecule has 2 aromatic carbocycles. The molecule has 8 heteroatoms. The second-order valence-corrected chi connectivity index (χ2v) is 11.5. The van der Waals surface area contributed by atoms with Crippen LogP contribution in [0.1, 0.15) is 106 Å². The molecular weight excluding hydrogens is 560 g/mol. The van der Waals surface area contributed by atoms with Crippen molar-refractivity contribution < 1.29 is 38.1 Å². The highest BCUT2D eigenvalue weighted by Gasteiger charge is 2.22. The molecule has 1 aliphatic rings. The second-order valence-electron chi connectivity index (χ2n) is 11.5. The molecule has 1 aliphatic carbocycles. The van der Waals surface area contributed by atoms with Crippen LogP contribution < -0.4 is 9.47 Å². The predicted octanol–water partition coefficient (Wildman–Crippen LogP) is 8.58. The Morgan fingerprint density at radius 2 is 1.32 bits per heavy atom. The molecule has 0 bridgehead atoms. The minimum atomic E-state index is -0.722.